The van der Waals surface area contributed by atoms with Gasteiger partial charge < -0.3 is 5.11 Å². The minimum absolute atomic E-state index is 0.0965. The van der Waals surface area contributed by atoms with Gasteiger partial charge in [-0.15, -0.1) is 0 Å². The Morgan fingerprint density at radius 1 is 1.23 bits per heavy atom. The van der Waals surface area contributed by atoms with Crippen LogP contribution in [0.5, 0.6) is 5.75 Å². The standard InChI is InChI=1S/C10H14OS2/c1-10(2,9(12)13)7-5-3-4-6-8(7)11/h3-6,9,11-13H,1-2H3. The fourth-order valence-corrected chi connectivity index (χ4v) is 1.44. The number of rotatable bonds is 2. The highest BCUT2D eigenvalue weighted by atomic mass is 32.2. The minimum Gasteiger partial charge on any atom is -0.508 e. The van der Waals surface area contributed by atoms with Gasteiger partial charge in [0.15, 0.2) is 0 Å². The summed E-state index contributed by atoms with van der Waals surface area (Å²) in [5.74, 6) is 0.306. The van der Waals surface area contributed by atoms with Crippen molar-refractivity contribution in [2.45, 2.75) is 23.8 Å². The molecule has 0 aromatic heterocycles. The molecule has 0 bridgehead atoms. The second kappa shape index (κ2) is 3.84. The molecule has 0 atom stereocenters. The zero-order valence-electron chi connectivity index (χ0n) is 7.73. The largest absolute Gasteiger partial charge is 0.508 e. The van der Waals surface area contributed by atoms with Gasteiger partial charge in [-0.05, 0) is 6.07 Å². The van der Waals surface area contributed by atoms with E-state index in [0.717, 1.165) is 5.56 Å². The molecule has 0 heterocycles. The molecule has 0 saturated carbocycles. The van der Waals surface area contributed by atoms with E-state index in [2.05, 4.69) is 25.3 Å². The van der Waals surface area contributed by atoms with E-state index in [-0.39, 0.29) is 10.00 Å². The molecule has 1 N–H and O–H groups in total. The van der Waals surface area contributed by atoms with Gasteiger partial charge >= 0.3 is 0 Å². The van der Waals surface area contributed by atoms with Crippen molar-refractivity contribution < 1.29 is 5.11 Å². The maximum absolute atomic E-state index is 9.63. The highest BCUT2D eigenvalue weighted by molar-refractivity contribution is 7.99. The van der Waals surface area contributed by atoms with Gasteiger partial charge in [-0.25, -0.2) is 0 Å². The summed E-state index contributed by atoms with van der Waals surface area (Å²) in [6.45, 7) is 4.01. The Hall–Kier alpha value is -0.280. The van der Waals surface area contributed by atoms with E-state index in [0.29, 0.717) is 5.75 Å². The van der Waals surface area contributed by atoms with E-state index in [1.165, 1.54) is 0 Å². The van der Waals surface area contributed by atoms with E-state index in [1.807, 2.05) is 26.0 Å². The lowest BCUT2D eigenvalue weighted by Crippen LogP contribution is -2.25. The topological polar surface area (TPSA) is 20.2 Å². The molecule has 0 fully saturated rings. The van der Waals surface area contributed by atoms with Crippen molar-refractivity contribution in [2.24, 2.45) is 0 Å². The van der Waals surface area contributed by atoms with Crippen LogP contribution in [0.3, 0.4) is 0 Å². The molecule has 72 valence electrons. The van der Waals surface area contributed by atoms with Crippen molar-refractivity contribution in [3.63, 3.8) is 0 Å². The first-order valence-electron chi connectivity index (χ1n) is 4.11. The van der Waals surface area contributed by atoms with Crippen LogP contribution >= 0.6 is 25.3 Å². The highest BCUT2D eigenvalue weighted by Crippen LogP contribution is 2.37. The van der Waals surface area contributed by atoms with Crippen molar-refractivity contribution in [1.82, 2.24) is 0 Å². The number of aromatic hydroxyl groups is 1. The molecule has 0 aliphatic heterocycles. The van der Waals surface area contributed by atoms with Gasteiger partial charge in [-0.1, -0.05) is 32.0 Å². The number of hydrogen-bond donors (Lipinski definition) is 3. The first kappa shape index (κ1) is 10.8. The second-order valence-corrected chi connectivity index (χ2v) is 5.05. The normalized spacial score (nSPS) is 12.1. The van der Waals surface area contributed by atoms with Crippen molar-refractivity contribution in [3.05, 3.63) is 29.8 Å². The number of phenolic OH excluding ortho intramolecular Hbond substituents is 1. The summed E-state index contributed by atoms with van der Waals surface area (Å²) in [4.78, 5) is 0. The van der Waals surface area contributed by atoms with E-state index in [4.69, 9.17) is 0 Å². The average Bonchev–Trinajstić information content (AvgIpc) is 2.04. The van der Waals surface area contributed by atoms with Gasteiger partial charge in [-0.2, -0.15) is 25.3 Å². The Morgan fingerprint density at radius 3 is 2.23 bits per heavy atom. The lowest BCUT2D eigenvalue weighted by molar-refractivity contribution is 0.445. The van der Waals surface area contributed by atoms with Crippen LogP contribution in [0.25, 0.3) is 0 Å². The Balaban J connectivity index is 3.14. The molecule has 3 heteroatoms. The summed E-state index contributed by atoms with van der Waals surface area (Å²) in [6, 6.07) is 7.29. The summed E-state index contributed by atoms with van der Waals surface area (Å²) in [6.07, 6.45) is 0. The van der Waals surface area contributed by atoms with Crippen LogP contribution in [-0.4, -0.2) is 9.69 Å². The van der Waals surface area contributed by atoms with Gasteiger partial charge in [0.25, 0.3) is 0 Å². The second-order valence-electron chi connectivity index (χ2n) is 3.61. The van der Waals surface area contributed by atoms with Gasteiger partial charge in [0.05, 0.1) is 4.58 Å². The number of thiol groups is 2. The van der Waals surface area contributed by atoms with E-state index >= 15 is 0 Å². The molecule has 13 heavy (non-hydrogen) atoms. The quantitative estimate of drug-likeness (QED) is 0.511. The molecule has 0 radical (unpaired) electrons. The predicted molar refractivity (Wildman–Crippen MR) is 62.9 cm³/mol. The average molecular weight is 214 g/mol. The van der Waals surface area contributed by atoms with Gasteiger partial charge in [0.2, 0.25) is 0 Å². The lowest BCUT2D eigenvalue weighted by atomic mass is 9.86. The highest BCUT2D eigenvalue weighted by Gasteiger charge is 2.28. The Labute approximate surface area is 90.0 Å². The molecule has 1 nitrogen and oxygen atoms in total. The van der Waals surface area contributed by atoms with Gasteiger partial charge in [0.1, 0.15) is 5.75 Å². The lowest BCUT2D eigenvalue weighted by Gasteiger charge is -2.28. The maximum Gasteiger partial charge on any atom is 0.119 e. The molecular formula is C10H14OS2. The first-order chi connectivity index (χ1) is 5.96. The summed E-state index contributed by atoms with van der Waals surface area (Å²) in [7, 11) is 0. The Kier molecular flexibility index (Phi) is 3.19. The third-order valence-corrected chi connectivity index (χ3v) is 3.53. The SMILES string of the molecule is CC(C)(c1ccccc1O)C(S)S. The molecule has 0 spiro atoms. The molecule has 0 aliphatic rings. The van der Waals surface area contributed by atoms with Gasteiger partial charge in [-0.3, -0.25) is 0 Å². The Bertz CT molecular complexity index is 295. The monoisotopic (exact) mass is 214 g/mol. The van der Waals surface area contributed by atoms with E-state index in [9.17, 15) is 5.11 Å². The first-order valence-corrected chi connectivity index (χ1v) is 5.14. The predicted octanol–water partition coefficient (Wildman–Crippen LogP) is 2.86. The van der Waals surface area contributed by atoms with E-state index < -0.39 is 0 Å². The summed E-state index contributed by atoms with van der Waals surface area (Å²) >= 11 is 8.58. The number of phenols is 1. The number of benzene rings is 1. The van der Waals surface area contributed by atoms with Crippen molar-refractivity contribution >= 4 is 25.3 Å². The van der Waals surface area contributed by atoms with Crippen LogP contribution in [0.15, 0.2) is 24.3 Å². The molecule has 0 unspecified atom stereocenters. The summed E-state index contributed by atoms with van der Waals surface area (Å²) in [5.41, 5.74) is 0.641. The fraction of sp³-hybridized carbons (Fsp3) is 0.400. The smallest absolute Gasteiger partial charge is 0.119 e. The molecule has 0 aliphatic carbocycles. The zero-order chi connectivity index (χ0) is 10.1. The fourth-order valence-electron chi connectivity index (χ4n) is 1.16. The number of para-hydroxylation sites is 1. The van der Waals surface area contributed by atoms with Crippen LogP contribution < -0.4 is 0 Å². The minimum atomic E-state index is -0.239. The van der Waals surface area contributed by atoms with Crippen LogP contribution in [0.1, 0.15) is 19.4 Å². The molecule has 1 rings (SSSR count). The van der Waals surface area contributed by atoms with Crippen molar-refractivity contribution in [1.29, 1.82) is 0 Å². The van der Waals surface area contributed by atoms with Crippen molar-refractivity contribution in [2.75, 3.05) is 0 Å². The van der Waals surface area contributed by atoms with E-state index in [1.54, 1.807) is 12.1 Å². The number of hydrogen-bond acceptors (Lipinski definition) is 3. The summed E-state index contributed by atoms with van der Waals surface area (Å²) in [5, 5.41) is 9.63. The summed E-state index contributed by atoms with van der Waals surface area (Å²) < 4.78 is -0.0965. The zero-order valence-corrected chi connectivity index (χ0v) is 9.52. The molecule has 1 aromatic rings. The molecule has 0 amide bonds. The Morgan fingerprint density at radius 2 is 1.77 bits per heavy atom. The van der Waals surface area contributed by atoms with Crippen LogP contribution in [0.2, 0.25) is 0 Å². The van der Waals surface area contributed by atoms with Gasteiger partial charge in [0, 0.05) is 11.0 Å². The third kappa shape index (κ3) is 2.15. The van der Waals surface area contributed by atoms with Crippen molar-refractivity contribution in [3.8, 4) is 5.75 Å². The molecular weight excluding hydrogens is 200 g/mol. The van der Waals surface area contributed by atoms with Crippen LogP contribution in [-0.2, 0) is 5.41 Å². The third-order valence-electron chi connectivity index (χ3n) is 2.24. The maximum atomic E-state index is 9.63. The molecule has 1 aromatic carbocycles. The molecule has 0 saturated heterocycles. The van der Waals surface area contributed by atoms with Crippen LogP contribution in [0.4, 0.5) is 0 Å². The van der Waals surface area contributed by atoms with Crippen LogP contribution in [0, 0.1) is 0 Å².